The van der Waals surface area contributed by atoms with Crippen molar-refractivity contribution in [3.8, 4) is 0 Å². The molecule has 21 heavy (non-hydrogen) atoms. The monoisotopic (exact) mass is 294 g/mol. The normalized spacial score (nSPS) is 16.6. The Balaban J connectivity index is 2.29. The molecular formula is C15H23FN4O. The van der Waals surface area contributed by atoms with E-state index in [0.29, 0.717) is 12.2 Å². The summed E-state index contributed by atoms with van der Waals surface area (Å²) < 4.78 is 14.2. The van der Waals surface area contributed by atoms with E-state index in [1.807, 2.05) is 26.0 Å². The van der Waals surface area contributed by atoms with E-state index in [9.17, 15) is 9.18 Å². The Labute approximate surface area is 124 Å². The third kappa shape index (κ3) is 2.81. The molecule has 0 heterocycles. The minimum Gasteiger partial charge on any atom is -0.398 e. The van der Waals surface area contributed by atoms with E-state index in [0.717, 1.165) is 18.9 Å². The molecule has 0 spiro atoms. The molecule has 0 unspecified atom stereocenters. The van der Waals surface area contributed by atoms with Gasteiger partial charge in [-0.1, -0.05) is 0 Å². The van der Waals surface area contributed by atoms with Crippen LogP contribution in [0.1, 0.15) is 29.6 Å². The summed E-state index contributed by atoms with van der Waals surface area (Å²) in [6.45, 7) is 0.693. The van der Waals surface area contributed by atoms with Crippen LogP contribution in [-0.2, 0) is 0 Å². The summed E-state index contributed by atoms with van der Waals surface area (Å²) >= 11 is 0. The standard InChI is InChI=1S/C15H23FN4O/c1-19(2)15(5-4-6-15)9-20(3)13-7-10(14(18)21)12(17)8-11(13)16/h7-8H,4-6,9,17H2,1-3H3,(H2,18,21). The van der Waals surface area contributed by atoms with Gasteiger partial charge >= 0.3 is 0 Å². The van der Waals surface area contributed by atoms with Gasteiger partial charge in [0.15, 0.2) is 0 Å². The van der Waals surface area contributed by atoms with Gasteiger partial charge in [-0.05, 0) is 45.5 Å². The van der Waals surface area contributed by atoms with E-state index in [1.165, 1.54) is 12.5 Å². The van der Waals surface area contributed by atoms with Crippen LogP contribution in [0.3, 0.4) is 0 Å². The summed E-state index contributed by atoms with van der Waals surface area (Å²) in [5.74, 6) is -1.08. The molecule has 0 aromatic heterocycles. The number of anilines is 2. The van der Waals surface area contributed by atoms with E-state index < -0.39 is 11.7 Å². The molecule has 1 aliphatic carbocycles. The minimum atomic E-state index is -0.645. The van der Waals surface area contributed by atoms with Crippen molar-refractivity contribution in [2.45, 2.75) is 24.8 Å². The van der Waals surface area contributed by atoms with Crippen molar-refractivity contribution >= 4 is 17.3 Å². The van der Waals surface area contributed by atoms with Gasteiger partial charge in [-0.25, -0.2) is 4.39 Å². The number of rotatable bonds is 5. The zero-order chi connectivity index (χ0) is 15.8. The smallest absolute Gasteiger partial charge is 0.250 e. The van der Waals surface area contributed by atoms with E-state index in [1.54, 1.807) is 0 Å². The van der Waals surface area contributed by atoms with Gasteiger partial charge in [0.2, 0.25) is 0 Å². The minimum absolute atomic E-state index is 0.0649. The van der Waals surface area contributed by atoms with Crippen LogP contribution >= 0.6 is 0 Å². The lowest BCUT2D eigenvalue weighted by molar-refractivity contribution is 0.0682. The van der Waals surface area contributed by atoms with Crippen LogP contribution in [0, 0.1) is 5.82 Å². The van der Waals surface area contributed by atoms with Crippen LogP contribution in [0.2, 0.25) is 0 Å². The molecule has 6 heteroatoms. The number of nitrogens with zero attached hydrogens (tertiary/aromatic N) is 2. The lowest BCUT2D eigenvalue weighted by atomic mass is 9.75. The first-order chi connectivity index (χ1) is 9.77. The summed E-state index contributed by atoms with van der Waals surface area (Å²) in [7, 11) is 5.91. The maximum Gasteiger partial charge on any atom is 0.250 e. The first-order valence-electron chi connectivity index (χ1n) is 7.04. The SMILES string of the molecule is CN(CC1(N(C)C)CCC1)c1cc(C(N)=O)c(N)cc1F. The lowest BCUT2D eigenvalue weighted by Crippen LogP contribution is -2.56. The van der Waals surface area contributed by atoms with Gasteiger partial charge in [-0.15, -0.1) is 0 Å². The van der Waals surface area contributed by atoms with E-state index in [2.05, 4.69) is 4.90 Å². The van der Waals surface area contributed by atoms with Crippen molar-refractivity contribution in [3.05, 3.63) is 23.5 Å². The maximum atomic E-state index is 14.2. The predicted molar refractivity (Wildman–Crippen MR) is 82.9 cm³/mol. The highest BCUT2D eigenvalue weighted by molar-refractivity contribution is 5.99. The van der Waals surface area contributed by atoms with Crippen molar-refractivity contribution in [1.29, 1.82) is 0 Å². The number of carbonyl (C=O) groups excluding carboxylic acids is 1. The molecule has 0 atom stereocenters. The third-order valence-corrected chi connectivity index (χ3v) is 4.56. The van der Waals surface area contributed by atoms with Gasteiger partial charge in [-0.2, -0.15) is 0 Å². The number of likely N-dealkylation sites (N-methyl/N-ethyl adjacent to an activating group) is 2. The quantitative estimate of drug-likeness (QED) is 0.806. The van der Waals surface area contributed by atoms with Crippen LogP contribution in [0.25, 0.3) is 0 Å². The third-order valence-electron chi connectivity index (χ3n) is 4.56. The molecule has 1 aliphatic rings. The molecular weight excluding hydrogens is 271 g/mol. The van der Waals surface area contributed by atoms with E-state index in [-0.39, 0.29) is 16.8 Å². The second-order valence-corrected chi connectivity index (χ2v) is 6.08. The largest absolute Gasteiger partial charge is 0.398 e. The molecule has 0 aliphatic heterocycles. The van der Waals surface area contributed by atoms with Gasteiger partial charge in [0.25, 0.3) is 5.91 Å². The summed E-state index contributed by atoms with van der Waals surface area (Å²) in [6, 6.07) is 2.60. The van der Waals surface area contributed by atoms with Crippen molar-refractivity contribution in [2.24, 2.45) is 5.73 Å². The number of benzene rings is 1. The Morgan fingerprint density at radius 2 is 1.95 bits per heavy atom. The van der Waals surface area contributed by atoms with Crippen LogP contribution in [-0.4, -0.2) is 44.0 Å². The molecule has 1 amide bonds. The molecule has 0 saturated heterocycles. The van der Waals surface area contributed by atoms with Crippen molar-refractivity contribution in [1.82, 2.24) is 4.90 Å². The molecule has 1 aromatic rings. The maximum absolute atomic E-state index is 14.2. The number of hydrogen-bond acceptors (Lipinski definition) is 4. The number of nitrogen functional groups attached to an aromatic ring is 1. The summed E-state index contributed by atoms with van der Waals surface area (Å²) in [6.07, 6.45) is 3.36. The highest BCUT2D eigenvalue weighted by atomic mass is 19.1. The Morgan fingerprint density at radius 3 is 2.38 bits per heavy atom. The van der Waals surface area contributed by atoms with Gasteiger partial charge in [0.1, 0.15) is 5.82 Å². The fraction of sp³-hybridized carbons (Fsp3) is 0.533. The van der Waals surface area contributed by atoms with Crippen molar-refractivity contribution in [2.75, 3.05) is 38.3 Å². The summed E-state index contributed by atoms with van der Waals surface area (Å²) in [5, 5.41) is 0. The average Bonchev–Trinajstić information content (AvgIpc) is 2.32. The predicted octanol–water partition coefficient (Wildman–Crippen LogP) is 1.43. The topological polar surface area (TPSA) is 75.6 Å². The highest BCUT2D eigenvalue weighted by Crippen LogP contribution is 2.38. The molecule has 1 saturated carbocycles. The Kier molecular flexibility index (Phi) is 4.09. The summed E-state index contributed by atoms with van der Waals surface area (Å²) in [4.78, 5) is 15.4. The molecule has 0 bridgehead atoms. The Hall–Kier alpha value is -1.82. The van der Waals surface area contributed by atoms with Gasteiger partial charge in [0.05, 0.1) is 11.3 Å². The van der Waals surface area contributed by atoms with Gasteiger partial charge in [0, 0.05) is 24.8 Å². The summed E-state index contributed by atoms with van der Waals surface area (Å²) in [5.41, 5.74) is 11.6. The molecule has 4 N–H and O–H groups in total. The second-order valence-electron chi connectivity index (χ2n) is 6.08. The zero-order valence-electron chi connectivity index (χ0n) is 12.8. The molecule has 1 fully saturated rings. The Bertz CT molecular complexity index is 555. The number of primary amides is 1. The lowest BCUT2D eigenvalue weighted by Gasteiger charge is -2.49. The highest BCUT2D eigenvalue weighted by Gasteiger charge is 2.40. The van der Waals surface area contributed by atoms with Crippen LogP contribution in [0.5, 0.6) is 0 Å². The fourth-order valence-corrected chi connectivity index (χ4v) is 2.94. The molecule has 116 valence electrons. The van der Waals surface area contributed by atoms with Crippen LogP contribution < -0.4 is 16.4 Å². The van der Waals surface area contributed by atoms with Crippen molar-refractivity contribution in [3.63, 3.8) is 0 Å². The van der Waals surface area contributed by atoms with Gasteiger partial charge < -0.3 is 21.3 Å². The van der Waals surface area contributed by atoms with Crippen LogP contribution in [0.15, 0.2) is 12.1 Å². The molecule has 0 radical (unpaired) electrons. The van der Waals surface area contributed by atoms with Crippen molar-refractivity contribution < 1.29 is 9.18 Å². The Morgan fingerprint density at radius 1 is 1.33 bits per heavy atom. The average molecular weight is 294 g/mol. The second kappa shape index (κ2) is 5.52. The van der Waals surface area contributed by atoms with Gasteiger partial charge in [-0.3, -0.25) is 4.79 Å². The van der Waals surface area contributed by atoms with E-state index >= 15 is 0 Å². The number of amides is 1. The number of halogens is 1. The number of hydrogen-bond donors (Lipinski definition) is 2. The molecule has 2 rings (SSSR count). The number of carbonyl (C=O) groups is 1. The first-order valence-corrected chi connectivity index (χ1v) is 7.04. The molecule has 1 aromatic carbocycles. The zero-order valence-corrected chi connectivity index (χ0v) is 12.8. The first kappa shape index (κ1) is 15.6. The molecule has 5 nitrogen and oxygen atoms in total. The van der Waals surface area contributed by atoms with E-state index in [4.69, 9.17) is 11.5 Å². The fourth-order valence-electron chi connectivity index (χ4n) is 2.94. The number of nitrogens with two attached hydrogens (primary N) is 2. The van der Waals surface area contributed by atoms with Crippen LogP contribution in [0.4, 0.5) is 15.8 Å².